The molecule has 1 amide bonds. The zero-order valence-corrected chi connectivity index (χ0v) is 12.2. The van der Waals surface area contributed by atoms with E-state index in [1.54, 1.807) is 0 Å². The summed E-state index contributed by atoms with van der Waals surface area (Å²) in [6.45, 7) is 10.3. The summed E-state index contributed by atoms with van der Waals surface area (Å²) in [6, 6.07) is 9.99. The smallest absolute Gasteiger partial charge is 0.227 e. The van der Waals surface area contributed by atoms with Crippen LogP contribution < -0.4 is 0 Å². The second kappa shape index (κ2) is 5.74. The molecular weight excluding hydrogens is 236 g/mol. The molecule has 104 valence electrons. The van der Waals surface area contributed by atoms with E-state index in [9.17, 15) is 4.79 Å². The van der Waals surface area contributed by atoms with Crippen molar-refractivity contribution in [1.29, 1.82) is 0 Å². The first kappa shape index (κ1) is 14.1. The second-order valence-corrected chi connectivity index (χ2v) is 6.20. The summed E-state index contributed by atoms with van der Waals surface area (Å²) >= 11 is 0. The number of nitrogens with zero attached hydrogens (tertiary/aromatic N) is 2. The predicted molar refractivity (Wildman–Crippen MR) is 78.1 cm³/mol. The number of carbonyl (C=O) groups excluding carboxylic acids is 1. The van der Waals surface area contributed by atoms with E-state index < -0.39 is 0 Å². The van der Waals surface area contributed by atoms with E-state index in [1.165, 1.54) is 0 Å². The van der Waals surface area contributed by atoms with Crippen LogP contribution in [0, 0.1) is 0 Å². The fraction of sp³-hybridized carbons (Fsp3) is 0.562. The molecule has 1 aromatic rings. The SMILES string of the molecule is CC(C)(C)N1CCN(C(=O)Cc2ccccc2)CC1. The van der Waals surface area contributed by atoms with Crippen LogP contribution in [0.4, 0.5) is 0 Å². The second-order valence-electron chi connectivity index (χ2n) is 6.20. The maximum Gasteiger partial charge on any atom is 0.227 e. The zero-order valence-electron chi connectivity index (χ0n) is 12.2. The van der Waals surface area contributed by atoms with Crippen LogP contribution in [0.2, 0.25) is 0 Å². The van der Waals surface area contributed by atoms with Gasteiger partial charge in [-0.15, -0.1) is 0 Å². The van der Waals surface area contributed by atoms with Crippen molar-refractivity contribution in [3.05, 3.63) is 35.9 Å². The Balaban J connectivity index is 1.86. The van der Waals surface area contributed by atoms with E-state index in [1.807, 2.05) is 35.2 Å². The highest BCUT2D eigenvalue weighted by atomic mass is 16.2. The minimum Gasteiger partial charge on any atom is -0.340 e. The molecule has 1 aromatic carbocycles. The Bertz CT molecular complexity index is 414. The molecule has 0 N–H and O–H groups in total. The number of rotatable bonds is 2. The number of hydrogen-bond donors (Lipinski definition) is 0. The van der Waals surface area contributed by atoms with Crippen LogP contribution in [0.5, 0.6) is 0 Å². The molecule has 0 unspecified atom stereocenters. The molecule has 0 bridgehead atoms. The Kier molecular flexibility index (Phi) is 4.25. The van der Waals surface area contributed by atoms with Crippen molar-refractivity contribution in [1.82, 2.24) is 9.80 Å². The van der Waals surface area contributed by atoms with Gasteiger partial charge in [0.15, 0.2) is 0 Å². The number of piperazine rings is 1. The minimum absolute atomic E-state index is 0.203. The molecular formula is C16H24N2O. The van der Waals surface area contributed by atoms with Gasteiger partial charge in [-0.2, -0.15) is 0 Å². The lowest BCUT2D eigenvalue weighted by Crippen LogP contribution is -2.54. The van der Waals surface area contributed by atoms with Gasteiger partial charge < -0.3 is 4.90 Å². The van der Waals surface area contributed by atoms with Crippen molar-refractivity contribution in [3.8, 4) is 0 Å². The van der Waals surface area contributed by atoms with Crippen LogP contribution in [-0.2, 0) is 11.2 Å². The molecule has 2 rings (SSSR count). The predicted octanol–water partition coefficient (Wildman–Crippen LogP) is 2.17. The number of hydrogen-bond acceptors (Lipinski definition) is 2. The Hall–Kier alpha value is -1.35. The maximum absolute atomic E-state index is 12.2. The lowest BCUT2D eigenvalue weighted by Gasteiger charge is -2.42. The summed E-state index contributed by atoms with van der Waals surface area (Å²) in [5.41, 5.74) is 1.31. The van der Waals surface area contributed by atoms with Gasteiger partial charge in [-0.1, -0.05) is 30.3 Å². The minimum atomic E-state index is 0.203. The quantitative estimate of drug-likeness (QED) is 0.813. The maximum atomic E-state index is 12.2. The number of carbonyl (C=O) groups is 1. The molecule has 1 aliphatic rings. The van der Waals surface area contributed by atoms with Gasteiger partial charge in [0.25, 0.3) is 0 Å². The molecule has 3 nitrogen and oxygen atoms in total. The first-order chi connectivity index (χ1) is 8.97. The van der Waals surface area contributed by atoms with Gasteiger partial charge in [0.1, 0.15) is 0 Å². The Morgan fingerprint density at radius 3 is 2.16 bits per heavy atom. The molecule has 3 heteroatoms. The molecule has 0 aromatic heterocycles. The molecule has 1 fully saturated rings. The Morgan fingerprint density at radius 2 is 1.63 bits per heavy atom. The summed E-state index contributed by atoms with van der Waals surface area (Å²) < 4.78 is 0. The fourth-order valence-corrected chi connectivity index (χ4v) is 2.51. The molecule has 0 saturated carbocycles. The monoisotopic (exact) mass is 260 g/mol. The molecule has 1 saturated heterocycles. The Morgan fingerprint density at radius 1 is 1.05 bits per heavy atom. The highest BCUT2D eigenvalue weighted by molar-refractivity contribution is 5.78. The van der Waals surface area contributed by atoms with Crippen molar-refractivity contribution < 1.29 is 4.79 Å². The first-order valence-corrected chi connectivity index (χ1v) is 7.03. The topological polar surface area (TPSA) is 23.6 Å². The summed E-state index contributed by atoms with van der Waals surface area (Å²) in [4.78, 5) is 16.7. The molecule has 0 spiro atoms. The standard InChI is InChI=1S/C16H24N2O/c1-16(2,3)18-11-9-17(10-12-18)15(19)13-14-7-5-4-6-8-14/h4-8H,9-13H2,1-3H3. The third-order valence-corrected chi connectivity index (χ3v) is 3.78. The third-order valence-electron chi connectivity index (χ3n) is 3.78. The molecule has 1 heterocycles. The van der Waals surface area contributed by atoms with Crippen LogP contribution in [0.25, 0.3) is 0 Å². The van der Waals surface area contributed by atoms with Crippen molar-refractivity contribution >= 4 is 5.91 Å². The lowest BCUT2D eigenvalue weighted by atomic mass is 10.0. The average Bonchev–Trinajstić information content (AvgIpc) is 2.39. The molecule has 1 aliphatic heterocycles. The van der Waals surface area contributed by atoms with Gasteiger partial charge in [0, 0.05) is 31.7 Å². The highest BCUT2D eigenvalue weighted by Gasteiger charge is 2.27. The van der Waals surface area contributed by atoms with E-state index in [2.05, 4.69) is 25.7 Å². The number of benzene rings is 1. The van der Waals surface area contributed by atoms with Gasteiger partial charge in [-0.25, -0.2) is 0 Å². The molecule has 0 radical (unpaired) electrons. The van der Waals surface area contributed by atoms with Crippen LogP contribution in [0.3, 0.4) is 0 Å². The largest absolute Gasteiger partial charge is 0.340 e. The van der Waals surface area contributed by atoms with Crippen LogP contribution in [0.15, 0.2) is 30.3 Å². The van der Waals surface area contributed by atoms with Gasteiger partial charge in [-0.05, 0) is 26.3 Å². The Labute approximate surface area is 116 Å². The van der Waals surface area contributed by atoms with Gasteiger partial charge >= 0.3 is 0 Å². The van der Waals surface area contributed by atoms with E-state index in [0.717, 1.165) is 31.7 Å². The van der Waals surface area contributed by atoms with Gasteiger partial charge in [0.05, 0.1) is 6.42 Å². The summed E-state index contributed by atoms with van der Waals surface area (Å²) in [5, 5.41) is 0. The van der Waals surface area contributed by atoms with E-state index >= 15 is 0 Å². The molecule has 0 aliphatic carbocycles. The van der Waals surface area contributed by atoms with Gasteiger partial charge in [-0.3, -0.25) is 9.69 Å². The fourth-order valence-electron chi connectivity index (χ4n) is 2.51. The zero-order chi connectivity index (χ0) is 13.9. The first-order valence-electron chi connectivity index (χ1n) is 7.03. The van der Waals surface area contributed by atoms with Gasteiger partial charge in [0.2, 0.25) is 5.91 Å². The normalized spacial score (nSPS) is 17.5. The summed E-state index contributed by atoms with van der Waals surface area (Å²) in [6.07, 6.45) is 0.524. The van der Waals surface area contributed by atoms with Crippen LogP contribution >= 0.6 is 0 Å². The highest BCUT2D eigenvalue weighted by Crippen LogP contribution is 2.16. The number of amides is 1. The van der Waals surface area contributed by atoms with E-state index in [-0.39, 0.29) is 11.4 Å². The van der Waals surface area contributed by atoms with E-state index in [0.29, 0.717) is 6.42 Å². The lowest BCUT2D eigenvalue weighted by molar-refractivity contribution is -0.133. The summed E-state index contributed by atoms with van der Waals surface area (Å²) in [5.74, 6) is 0.250. The summed E-state index contributed by atoms with van der Waals surface area (Å²) in [7, 11) is 0. The van der Waals surface area contributed by atoms with E-state index in [4.69, 9.17) is 0 Å². The molecule has 0 atom stereocenters. The van der Waals surface area contributed by atoms with Crippen molar-refractivity contribution in [2.24, 2.45) is 0 Å². The van der Waals surface area contributed by atoms with Crippen LogP contribution in [-0.4, -0.2) is 47.4 Å². The van der Waals surface area contributed by atoms with Crippen molar-refractivity contribution in [2.75, 3.05) is 26.2 Å². The van der Waals surface area contributed by atoms with Crippen LogP contribution in [0.1, 0.15) is 26.3 Å². The van der Waals surface area contributed by atoms with Crippen molar-refractivity contribution in [2.45, 2.75) is 32.7 Å². The third kappa shape index (κ3) is 3.80. The van der Waals surface area contributed by atoms with Crippen molar-refractivity contribution in [3.63, 3.8) is 0 Å². The molecule has 19 heavy (non-hydrogen) atoms. The average molecular weight is 260 g/mol.